The molecule has 9 nitrogen and oxygen atoms in total. The highest BCUT2D eigenvalue weighted by atomic mass is 35.5. The third-order valence-corrected chi connectivity index (χ3v) is 6.05. The smallest absolute Gasteiger partial charge is 0.276 e. The Morgan fingerprint density at radius 2 is 1.84 bits per heavy atom. The summed E-state index contributed by atoms with van der Waals surface area (Å²) in [6.45, 7) is 6.04. The predicted octanol–water partition coefficient (Wildman–Crippen LogP) is 3.66. The zero-order valence-corrected chi connectivity index (χ0v) is 18.6. The van der Waals surface area contributed by atoms with Crippen molar-refractivity contribution in [3.05, 3.63) is 74.6 Å². The van der Waals surface area contributed by atoms with Gasteiger partial charge in [0.25, 0.3) is 11.6 Å². The minimum atomic E-state index is -0.472. The molecule has 2 heterocycles. The number of rotatable bonds is 5. The molecule has 0 spiro atoms. The first-order chi connectivity index (χ1) is 15.4. The van der Waals surface area contributed by atoms with Crippen molar-refractivity contribution in [2.24, 2.45) is 0 Å². The van der Waals surface area contributed by atoms with Crippen molar-refractivity contribution in [2.45, 2.75) is 20.3 Å². The Kier molecular flexibility index (Phi) is 6.09. The average molecular weight is 455 g/mol. The summed E-state index contributed by atoms with van der Waals surface area (Å²) in [4.78, 5) is 27.4. The van der Waals surface area contributed by atoms with E-state index in [0.717, 1.165) is 23.4 Å². The number of non-ortho nitro benzene ring substituents is 1. The van der Waals surface area contributed by atoms with Gasteiger partial charge in [0.05, 0.1) is 27.0 Å². The molecule has 0 radical (unpaired) electrons. The summed E-state index contributed by atoms with van der Waals surface area (Å²) in [7, 11) is 0. The van der Waals surface area contributed by atoms with Crippen LogP contribution in [0.4, 0.5) is 11.4 Å². The molecular weight excluding hydrogens is 432 g/mol. The van der Waals surface area contributed by atoms with E-state index in [4.69, 9.17) is 11.6 Å². The van der Waals surface area contributed by atoms with E-state index in [9.17, 15) is 14.9 Å². The molecule has 0 unspecified atom stereocenters. The van der Waals surface area contributed by atoms with Gasteiger partial charge in [-0.25, -0.2) is 4.68 Å². The molecule has 10 heteroatoms. The molecule has 1 fully saturated rings. The Bertz CT molecular complexity index is 1170. The van der Waals surface area contributed by atoms with Crippen LogP contribution in [0, 0.1) is 17.0 Å². The Hall–Kier alpha value is -3.46. The number of hydrogen-bond acceptors (Lipinski definition) is 6. The standard InChI is InChI=1S/C22H23ClN6O3/c1-3-16-6-4-5-7-19(16)28-15(2)21(24-25-28)22(30)27-12-10-26(11-13-27)20-9-8-17(29(31)32)14-18(20)23/h4-9,14H,3,10-13H2,1-2H3. The molecule has 166 valence electrons. The zero-order chi connectivity index (χ0) is 22.8. The fraction of sp³-hybridized carbons (Fsp3) is 0.318. The maximum absolute atomic E-state index is 13.1. The number of nitrogens with zero attached hydrogens (tertiary/aromatic N) is 6. The SMILES string of the molecule is CCc1ccccc1-n1nnc(C(=O)N2CCN(c3ccc([N+](=O)[O-])cc3Cl)CC2)c1C. The van der Waals surface area contributed by atoms with E-state index in [1.165, 1.54) is 12.1 Å². The monoisotopic (exact) mass is 454 g/mol. The molecule has 4 rings (SSSR count). The molecular formula is C22H23ClN6O3. The molecule has 0 aliphatic carbocycles. The predicted molar refractivity (Wildman–Crippen MR) is 122 cm³/mol. The number of nitro groups is 1. The van der Waals surface area contributed by atoms with E-state index >= 15 is 0 Å². The summed E-state index contributed by atoms with van der Waals surface area (Å²) >= 11 is 6.26. The van der Waals surface area contributed by atoms with Gasteiger partial charge in [-0.2, -0.15) is 0 Å². The molecule has 0 N–H and O–H groups in total. The Morgan fingerprint density at radius 3 is 2.50 bits per heavy atom. The van der Waals surface area contributed by atoms with Crippen molar-refractivity contribution < 1.29 is 9.72 Å². The van der Waals surface area contributed by atoms with Crippen LogP contribution in [0.15, 0.2) is 42.5 Å². The lowest BCUT2D eigenvalue weighted by Crippen LogP contribution is -2.49. The van der Waals surface area contributed by atoms with Gasteiger partial charge in [-0.1, -0.05) is 41.9 Å². The number of amides is 1. The zero-order valence-electron chi connectivity index (χ0n) is 17.9. The number of hydrogen-bond donors (Lipinski definition) is 0. The molecule has 0 saturated carbocycles. The van der Waals surface area contributed by atoms with Crippen LogP contribution >= 0.6 is 11.6 Å². The summed E-state index contributed by atoms with van der Waals surface area (Å²) in [5.74, 6) is -0.155. The molecule has 3 aromatic rings. The molecule has 32 heavy (non-hydrogen) atoms. The summed E-state index contributed by atoms with van der Waals surface area (Å²) in [6.07, 6.45) is 0.853. The molecule has 1 aliphatic heterocycles. The van der Waals surface area contributed by atoms with Crippen molar-refractivity contribution in [2.75, 3.05) is 31.1 Å². The van der Waals surface area contributed by atoms with Gasteiger partial charge in [0.2, 0.25) is 0 Å². The number of anilines is 1. The highest BCUT2D eigenvalue weighted by Crippen LogP contribution is 2.30. The molecule has 1 aliphatic rings. The number of para-hydroxylation sites is 1. The lowest BCUT2D eigenvalue weighted by atomic mass is 10.1. The summed E-state index contributed by atoms with van der Waals surface area (Å²) < 4.78 is 1.72. The minimum Gasteiger partial charge on any atom is -0.367 e. The molecule has 0 bridgehead atoms. The highest BCUT2D eigenvalue weighted by Gasteiger charge is 2.27. The van der Waals surface area contributed by atoms with E-state index in [1.807, 2.05) is 36.1 Å². The minimum absolute atomic E-state index is 0.0456. The average Bonchev–Trinajstić information content (AvgIpc) is 3.19. The number of carbonyl (C=O) groups excluding carboxylic acids is 1. The quantitative estimate of drug-likeness (QED) is 0.431. The molecule has 1 saturated heterocycles. The van der Waals surface area contributed by atoms with Crippen molar-refractivity contribution in [1.29, 1.82) is 0 Å². The van der Waals surface area contributed by atoms with Crippen LogP contribution in [-0.4, -0.2) is 56.9 Å². The van der Waals surface area contributed by atoms with Gasteiger partial charge in [-0.05, 0) is 31.0 Å². The topological polar surface area (TPSA) is 97.4 Å². The van der Waals surface area contributed by atoms with Crippen LogP contribution < -0.4 is 4.90 Å². The van der Waals surface area contributed by atoms with E-state index < -0.39 is 4.92 Å². The van der Waals surface area contributed by atoms with Crippen LogP contribution in [-0.2, 0) is 6.42 Å². The van der Waals surface area contributed by atoms with Gasteiger partial charge < -0.3 is 9.80 Å². The lowest BCUT2D eigenvalue weighted by Gasteiger charge is -2.36. The van der Waals surface area contributed by atoms with Crippen LogP contribution in [0.25, 0.3) is 5.69 Å². The van der Waals surface area contributed by atoms with Gasteiger partial charge in [-0.15, -0.1) is 5.10 Å². The molecule has 1 aromatic heterocycles. The third kappa shape index (κ3) is 4.03. The highest BCUT2D eigenvalue weighted by molar-refractivity contribution is 6.33. The second-order valence-electron chi connectivity index (χ2n) is 7.59. The number of piperazine rings is 1. The number of benzene rings is 2. The van der Waals surface area contributed by atoms with Crippen LogP contribution in [0.1, 0.15) is 28.7 Å². The fourth-order valence-electron chi connectivity index (χ4n) is 3.94. The maximum Gasteiger partial charge on any atom is 0.276 e. The number of aryl methyl sites for hydroxylation is 1. The first kappa shape index (κ1) is 21.8. The maximum atomic E-state index is 13.1. The molecule has 0 atom stereocenters. The first-order valence-electron chi connectivity index (χ1n) is 10.4. The van der Waals surface area contributed by atoms with Gasteiger partial charge in [-0.3, -0.25) is 14.9 Å². The van der Waals surface area contributed by atoms with Crippen molar-refractivity contribution in [3.8, 4) is 5.69 Å². The van der Waals surface area contributed by atoms with Crippen molar-refractivity contribution >= 4 is 28.9 Å². The second kappa shape index (κ2) is 8.96. The number of aromatic nitrogens is 3. The Labute approximate surface area is 190 Å². The summed E-state index contributed by atoms with van der Waals surface area (Å²) in [5, 5.41) is 19.7. The van der Waals surface area contributed by atoms with Crippen molar-refractivity contribution in [3.63, 3.8) is 0 Å². The fourth-order valence-corrected chi connectivity index (χ4v) is 4.23. The second-order valence-corrected chi connectivity index (χ2v) is 8.00. The first-order valence-corrected chi connectivity index (χ1v) is 10.8. The van der Waals surface area contributed by atoms with Crippen molar-refractivity contribution in [1.82, 2.24) is 19.9 Å². The summed E-state index contributed by atoms with van der Waals surface area (Å²) in [5.41, 5.74) is 3.79. The lowest BCUT2D eigenvalue weighted by molar-refractivity contribution is -0.384. The van der Waals surface area contributed by atoms with E-state index in [-0.39, 0.29) is 11.6 Å². The van der Waals surface area contributed by atoms with Gasteiger partial charge in [0.1, 0.15) is 0 Å². The number of carbonyl (C=O) groups is 1. The van der Waals surface area contributed by atoms with Crippen LogP contribution in [0.3, 0.4) is 0 Å². The Balaban J connectivity index is 1.48. The largest absolute Gasteiger partial charge is 0.367 e. The number of halogens is 1. The van der Waals surface area contributed by atoms with Crippen LogP contribution in [0.2, 0.25) is 5.02 Å². The normalized spacial score (nSPS) is 14.0. The van der Waals surface area contributed by atoms with Crippen LogP contribution in [0.5, 0.6) is 0 Å². The van der Waals surface area contributed by atoms with E-state index in [0.29, 0.717) is 42.6 Å². The van der Waals surface area contributed by atoms with E-state index in [2.05, 4.69) is 17.2 Å². The summed E-state index contributed by atoms with van der Waals surface area (Å²) in [6, 6.07) is 12.4. The molecule has 2 aromatic carbocycles. The van der Waals surface area contributed by atoms with Gasteiger partial charge in [0, 0.05) is 38.3 Å². The van der Waals surface area contributed by atoms with Gasteiger partial charge in [0.15, 0.2) is 5.69 Å². The van der Waals surface area contributed by atoms with Gasteiger partial charge >= 0.3 is 0 Å². The molecule has 1 amide bonds. The Morgan fingerprint density at radius 1 is 1.12 bits per heavy atom. The number of nitro benzene ring substituents is 1. The third-order valence-electron chi connectivity index (χ3n) is 5.75. The van der Waals surface area contributed by atoms with E-state index in [1.54, 1.807) is 15.6 Å².